The highest BCUT2D eigenvalue weighted by Crippen LogP contribution is 2.26. The van der Waals surface area contributed by atoms with Crippen molar-refractivity contribution < 1.29 is 22.3 Å². The zero-order valence-corrected chi connectivity index (χ0v) is 14.0. The molecule has 0 saturated carbocycles. The molecule has 1 rings (SSSR count). The van der Waals surface area contributed by atoms with Gasteiger partial charge in [-0.15, -0.1) is 0 Å². The Morgan fingerprint density at radius 1 is 1.24 bits per heavy atom. The molecule has 0 aliphatic heterocycles. The third-order valence-corrected chi connectivity index (χ3v) is 4.75. The lowest BCUT2D eigenvalue weighted by Crippen LogP contribution is -2.36. The summed E-state index contributed by atoms with van der Waals surface area (Å²) in [5, 5.41) is 2.95. The second-order valence-electron chi connectivity index (χ2n) is 4.72. The van der Waals surface area contributed by atoms with Crippen molar-refractivity contribution in [1.29, 1.82) is 0 Å². The Kier molecular flexibility index (Phi) is 6.82. The van der Waals surface area contributed by atoms with E-state index in [1.54, 1.807) is 20.9 Å². The number of aryl methyl sites for hydroxylation is 2. The SMILES string of the molecule is CNCc1c(C)oc(C)c1S(=O)(=O)NCC(COC)OC. The van der Waals surface area contributed by atoms with E-state index in [9.17, 15) is 8.42 Å². The Balaban J connectivity index is 2.97. The van der Waals surface area contributed by atoms with Gasteiger partial charge in [-0.3, -0.25) is 0 Å². The van der Waals surface area contributed by atoms with Crippen LogP contribution in [0.3, 0.4) is 0 Å². The lowest BCUT2D eigenvalue weighted by molar-refractivity contribution is 0.0320. The summed E-state index contributed by atoms with van der Waals surface area (Å²) in [7, 11) is 1.14. The van der Waals surface area contributed by atoms with Crippen LogP contribution in [0.25, 0.3) is 0 Å². The molecule has 0 aliphatic rings. The van der Waals surface area contributed by atoms with Crippen molar-refractivity contribution in [2.24, 2.45) is 0 Å². The highest BCUT2D eigenvalue weighted by Gasteiger charge is 2.27. The lowest BCUT2D eigenvalue weighted by Gasteiger charge is -2.15. The fraction of sp³-hybridized carbons (Fsp3) is 0.692. The smallest absolute Gasteiger partial charge is 0.244 e. The van der Waals surface area contributed by atoms with Crippen molar-refractivity contribution in [1.82, 2.24) is 10.0 Å². The number of nitrogens with one attached hydrogen (secondary N) is 2. The summed E-state index contributed by atoms with van der Waals surface area (Å²) in [5.41, 5.74) is 0.642. The standard InChI is InChI=1S/C13H24N2O5S/c1-9-12(7-14-3)13(10(2)20-9)21(16,17)15-6-11(19-5)8-18-4/h11,14-15H,6-8H2,1-5H3. The Hall–Kier alpha value is -0.930. The van der Waals surface area contributed by atoms with E-state index in [0.29, 0.717) is 30.2 Å². The molecule has 1 atom stereocenters. The number of furan rings is 1. The number of ether oxygens (including phenoxy) is 2. The number of hydrogen-bond donors (Lipinski definition) is 2. The molecule has 122 valence electrons. The summed E-state index contributed by atoms with van der Waals surface area (Å²) >= 11 is 0. The highest BCUT2D eigenvalue weighted by molar-refractivity contribution is 7.89. The summed E-state index contributed by atoms with van der Waals surface area (Å²) < 4.78 is 43.1. The van der Waals surface area contributed by atoms with Gasteiger partial charge >= 0.3 is 0 Å². The molecule has 1 heterocycles. The molecule has 1 aromatic rings. The van der Waals surface area contributed by atoms with Crippen molar-refractivity contribution in [3.05, 3.63) is 17.1 Å². The van der Waals surface area contributed by atoms with Gasteiger partial charge in [-0.25, -0.2) is 13.1 Å². The first-order valence-electron chi connectivity index (χ1n) is 6.62. The summed E-state index contributed by atoms with van der Waals surface area (Å²) in [6.45, 7) is 4.26. The number of rotatable bonds is 9. The maximum absolute atomic E-state index is 12.5. The van der Waals surface area contributed by atoms with Gasteiger partial charge in [0.1, 0.15) is 16.4 Å². The van der Waals surface area contributed by atoms with E-state index in [0.717, 1.165) is 0 Å². The molecule has 0 amide bonds. The Morgan fingerprint density at radius 3 is 2.43 bits per heavy atom. The van der Waals surface area contributed by atoms with Gasteiger partial charge in [0, 0.05) is 32.9 Å². The first kappa shape index (κ1) is 18.1. The summed E-state index contributed by atoms with van der Waals surface area (Å²) in [6, 6.07) is 0. The highest BCUT2D eigenvalue weighted by atomic mass is 32.2. The van der Waals surface area contributed by atoms with Crippen LogP contribution in [0.2, 0.25) is 0 Å². The van der Waals surface area contributed by atoms with Gasteiger partial charge in [-0.05, 0) is 20.9 Å². The van der Waals surface area contributed by atoms with Crippen LogP contribution < -0.4 is 10.0 Å². The molecule has 0 radical (unpaired) electrons. The zero-order chi connectivity index (χ0) is 16.0. The molecule has 8 heteroatoms. The van der Waals surface area contributed by atoms with E-state index in [-0.39, 0.29) is 17.5 Å². The van der Waals surface area contributed by atoms with Gasteiger partial charge < -0.3 is 19.2 Å². The van der Waals surface area contributed by atoms with Crippen LogP contribution in [-0.4, -0.2) is 48.9 Å². The molecule has 0 saturated heterocycles. The minimum absolute atomic E-state index is 0.134. The van der Waals surface area contributed by atoms with E-state index in [1.165, 1.54) is 14.2 Å². The quantitative estimate of drug-likeness (QED) is 0.691. The molecule has 1 aromatic heterocycles. The van der Waals surface area contributed by atoms with Gasteiger partial charge in [0.25, 0.3) is 0 Å². The van der Waals surface area contributed by atoms with Gasteiger partial charge in [-0.2, -0.15) is 0 Å². The number of sulfonamides is 1. The molecular formula is C13H24N2O5S. The molecular weight excluding hydrogens is 296 g/mol. The van der Waals surface area contributed by atoms with Crippen LogP contribution in [0.15, 0.2) is 9.31 Å². The minimum atomic E-state index is -3.67. The second kappa shape index (κ2) is 7.90. The average Bonchev–Trinajstić information content (AvgIpc) is 2.70. The van der Waals surface area contributed by atoms with Crippen molar-refractivity contribution in [3.8, 4) is 0 Å². The third kappa shape index (κ3) is 4.52. The van der Waals surface area contributed by atoms with Crippen molar-refractivity contribution in [2.45, 2.75) is 31.4 Å². The van der Waals surface area contributed by atoms with Gasteiger partial charge in [-0.1, -0.05) is 0 Å². The van der Waals surface area contributed by atoms with Crippen molar-refractivity contribution in [3.63, 3.8) is 0 Å². The molecule has 0 bridgehead atoms. The van der Waals surface area contributed by atoms with E-state index in [4.69, 9.17) is 13.9 Å². The van der Waals surface area contributed by atoms with Crippen LogP contribution >= 0.6 is 0 Å². The molecule has 1 unspecified atom stereocenters. The zero-order valence-electron chi connectivity index (χ0n) is 13.1. The van der Waals surface area contributed by atoms with Crippen LogP contribution in [0.1, 0.15) is 17.1 Å². The fourth-order valence-electron chi connectivity index (χ4n) is 2.11. The maximum Gasteiger partial charge on any atom is 0.244 e. The topological polar surface area (TPSA) is 89.8 Å². The molecule has 2 N–H and O–H groups in total. The molecule has 0 aromatic carbocycles. The maximum atomic E-state index is 12.5. The number of methoxy groups -OCH3 is 2. The largest absolute Gasteiger partial charge is 0.465 e. The van der Waals surface area contributed by atoms with E-state index >= 15 is 0 Å². The van der Waals surface area contributed by atoms with Crippen molar-refractivity contribution >= 4 is 10.0 Å². The Bertz CT molecular complexity index is 553. The Morgan fingerprint density at radius 2 is 1.90 bits per heavy atom. The van der Waals surface area contributed by atoms with E-state index in [2.05, 4.69) is 10.0 Å². The minimum Gasteiger partial charge on any atom is -0.465 e. The fourth-order valence-corrected chi connectivity index (χ4v) is 3.62. The molecule has 7 nitrogen and oxygen atoms in total. The summed E-state index contributed by atoms with van der Waals surface area (Å²) in [6.07, 6.45) is -0.342. The first-order chi connectivity index (χ1) is 9.87. The predicted octanol–water partition coefficient (Wildman–Crippen LogP) is 0.556. The van der Waals surface area contributed by atoms with Crippen LogP contribution in [0.5, 0.6) is 0 Å². The van der Waals surface area contributed by atoms with Gasteiger partial charge in [0.2, 0.25) is 10.0 Å². The Labute approximate surface area is 126 Å². The molecule has 0 fully saturated rings. The predicted molar refractivity (Wildman–Crippen MR) is 78.8 cm³/mol. The van der Waals surface area contributed by atoms with Crippen LogP contribution in [0.4, 0.5) is 0 Å². The van der Waals surface area contributed by atoms with Gasteiger partial charge in [0.05, 0.1) is 12.7 Å². The summed E-state index contributed by atoms with van der Waals surface area (Å²) in [4.78, 5) is 0.196. The van der Waals surface area contributed by atoms with Crippen molar-refractivity contribution in [2.75, 3.05) is 34.4 Å². The van der Waals surface area contributed by atoms with E-state index < -0.39 is 10.0 Å². The van der Waals surface area contributed by atoms with E-state index in [1.807, 2.05) is 0 Å². The molecule has 0 spiro atoms. The third-order valence-electron chi connectivity index (χ3n) is 3.13. The van der Waals surface area contributed by atoms with Crippen LogP contribution in [-0.2, 0) is 26.0 Å². The second-order valence-corrected chi connectivity index (χ2v) is 6.42. The average molecular weight is 320 g/mol. The monoisotopic (exact) mass is 320 g/mol. The summed E-state index contributed by atoms with van der Waals surface area (Å²) in [5.74, 6) is 0.980. The molecule has 21 heavy (non-hydrogen) atoms. The van der Waals surface area contributed by atoms with Crippen LogP contribution in [0, 0.1) is 13.8 Å². The number of hydrogen-bond acceptors (Lipinski definition) is 6. The molecule has 0 aliphatic carbocycles. The first-order valence-corrected chi connectivity index (χ1v) is 8.10. The van der Waals surface area contributed by atoms with Gasteiger partial charge in [0.15, 0.2) is 0 Å². The normalized spacial score (nSPS) is 13.6. The lowest BCUT2D eigenvalue weighted by atomic mass is 10.2.